The number of esters is 1. The van der Waals surface area contributed by atoms with Crippen molar-refractivity contribution in [2.75, 3.05) is 11.9 Å². The fourth-order valence-electron chi connectivity index (χ4n) is 2.19. The number of halogens is 1. The average Bonchev–Trinajstić information content (AvgIpc) is 3.30. The van der Waals surface area contributed by atoms with E-state index in [4.69, 9.17) is 4.74 Å². The van der Waals surface area contributed by atoms with Crippen LogP contribution in [-0.4, -0.2) is 29.5 Å². The molecule has 1 aliphatic rings. The van der Waals surface area contributed by atoms with Crippen molar-refractivity contribution in [3.63, 3.8) is 0 Å². The molecule has 8 heteroatoms. The molecular weight excluding hydrogens is 406 g/mol. The smallest absolute Gasteiger partial charge is 0.359 e. The Bertz CT molecular complexity index is 817. The monoisotopic (exact) mass is 423 g/mol. The second-order valence-electron chi connectivity index (χ2n) is 5.76. The molecule has 0 unspecified atom stereocenters. The molecular formula is C17H18BrN3O3S. The number of carbonyl (C=O) groups is 2. The van der Waals surface area contributed by atoms with Gasteiger partial charge in [0.1, 0.15) is 3.79 Å². The van der Waals surface area contributed by atoms with Crippen molar-refractivity contribution in [2.45, 2.75) is 32.7 Å². The van der Waals surface area contributed by atoms with Gasteiger partial charge in [0.15, 0.2) is 10.8 Å². The number of aryl methyl sites for hydroxylation is 1. The van der Waals surface area contributed by atoms with E-state index in [2.05, 4.69) is 31.5 Å². The molecule has 1 aromatic carbocycles. The zero-order chi connectivity index (χ0) is 18.0. The van der Waals surface area contributed by atoms with E-state index in [1.54, 1.807) is 19.1 Å². The minimum Gasteiger partial charge on any atom is -0.461 e. The summed E-state index contributed by atoms with van der Waals surface area (Å²) in [7, 11) is 0. The van der Waals surface area contributed by atoms with Crippen molar-refractivity contribution in [3.8, 4) is 0 Å². The van der Waals surface area contributed by atoms with E-state index in [9.17, 15) is 9.59 Å². The van der Waals surface area contributed by atoms with Gasteiger partial charge in [0, 0.05) is 17.3 Å². The van der Waals surface area contributed by atoms with Crippen LogP contribution in [0.15, 0.2) is 22.0 Å². The molecule has 3 rings (SSSR count). The van der Waals surface area contributed by atoms with Gasteiger partial charge in [0.05, 0.1) is 6.61 Å². The first kappa shape index (κ1) is 17.9. The molecule has 0 radical (unpaired) electrons. The minimum absolute atomic E-state index is 0.0712. The number of ether oxygens (including phenoxy) is 1. The third kappa shape index (κ3) is 4.38. The lowest BCUT2D eigenvalue weighted by Crippen LogP contribution is -2.25. The van der Waals surface area contributed by atoms with Crippen molar-refractivity contribution in [3.05, 3.63) is 38.8 Å². The lowest BCUT2D eigenvalue weighted by molar-refractivity contribution is 0.0519. The first-order chi connectivity index (χ1) is 12.0. The summed E-state index contributed by atoms with van der Waals surface area (Å²) in [6, 6.07) is 5.80. The molecule has 6 nitrogen and oxygen atoms in total. The van der Waals surface area contributed by atoms with Gasteiger partial charge in [-0.3, -0.25) is 4.79 Å². The summed E-state index contributed by atoms with van der Waals surface area (Å²) in [4.78, 5) is 28.4. The molecule has 1 aliphatic carbocycles. The van der Waals surface area contributed by atoms with Crippen molar-refractivity contribution in [1.82, 2.24) is 10.3 Å². The molecule has 1 heterocycles. The predicted molar refractivity (Wildman–Crippen MR) is 101 cm³/mol. The van der Waals surface area contributed by atoms with E-state index in [0.717, 1.165) is 24.1 Å². The lowest BCUT2D eigenvalue weighted by Gasteiger charge is -2.10. The summed E-state index contributed by atoms with van der Waals surface area (Å²) in [5, 5.41) is 6.71. The third-order valence-corrected chi connectivity index (χ3v) is 5.33. The highest BCUT2D eigenvalue weighted by atomic mass is 79.9. The first-order valence-electron chi connectivity index (χ1n) is 8.00. The Labute approximate surface area is 158 Å². The Hall–Kier alpha value is -1.93. The number of hydrogen-bond acceptors (Lipinski definition) is 6. The highest BCUT2D eigenvalue weighted by molar-refractivity contribution is 9.11. The van der Waals surface area contributed by atoms with Crippen LogP contribution in [0, 0.1) is 6.92 Å². The largest absolute Gasteiger partial charge is 0.461 e. The molecule has 1 fully saturated rings. The van der Waals surface area contributed by atoms with Crippen LogP contribution in [0.25, 0.3) is 0 Å². The molecule has 0 bridgehead atoms. The fourth-order valence-corrected chi connectivity index (χ4v) is 3.59. The number of nitrogens with one attached hydrogen (secondary N) is 2. The van der Waals surface area contributed by atoms with E-state index in [0.29, 0.717) is 27.1 Å². The molecule has 0 aliphatic heterocycles. The third-order valence-electron chi connectivity index (χ3n) is 3.71. The molecule has 2 aromatic rings. The van der Waals surface area contributed by atoms with Crippen molar-refractivity contribution in [2.24, 2.45) is 0 Å². The van der Waals surface area contributed by atoms with Gasteiger partial charge in [-0.25, -0.2) is 9.78 Å². The number of hydrogen-bond donors (Lipinski definition) is 2. The van der Waals surface area contributed by atoms with E-state index in [1.807, 2.05) is 13.0 Å². The van der Waals surface area contributed by atoms with Crippen LogP contribution in [0.4, 0.5) is 10.8 Å². The molecule has 2 N–H and O–H groups in total. The number of anilines is 2. The summed E-state index contributed by atoms with van der Waals surface area (Å²) in [5.41, 5.74) is 2.60. The second-order valence-corrected chi connectivity index (χ2v) is 8.08. The van der Waals surface area contributed by atoms with E-state index in [-0.39, 0.29) is 11.6 Å². The van der Waals surface area contributed by atoms with Crippen molar-refractivity contribution < 1.29 is 14.3 Å². The van der Waals surface area contributed by atoms with E-state index < -0.39 is 5.97 Å². The van der Waals surface area contributed by atoms with Crippen molar-refractivity contribution >= 4 is 50.0 Å². The van der Waals surface area contributed by atoms with Gasteiger partial charge >= 0.3 is 5.97 Å². The summed E-state index contributed by atoms with van der Waals surface area (Å²) >= 11 is 4.64. The maximum absolute atomic E-state index is 12.2. The summed E-state index contributed by atoms with van der Waals surface area (Å²) in [6.45, 7) is 3.99. The van der Waals surface area contributed by atoms with Gasteiger partial charge in [-0.2, -0.15) is 0 Å². The Balaban J connectivity index is 1.79. The Morgan fingerprint density at radius 3 is 2.84 bits per heavy atom. The molecule has 0 saturated heterocycles. The topological polar surface area (TPSA) is 80.3 Å². The molecule has 0 spiro atoms. The van der Waals surface area contributed by atoms with Gasteiger partial charge in [-0.05, 0) is 60.3 Å². The van der Waals surface area contributed by atoms with Crippen LogP contribution in [-0.2, 0) is 4.74 Å². The van der Waals surface area contributed by atoms with E-state index >= 15 is 0 Å². The maximum Gasteiger partial charge on any atom is 0.359 e. The zero-order valence-electron chi connectivity index (χ0n) is 13.9. The summed E-state index contributed by atoms with van der Waals surface area (Å²) < 4.78 is 5.59. The first-order valence-corrected chi connectivity index (χ1v) is 9.61. The maximum atomic E-state index is 12.2. The van der Waals surface area contributed by atoms with Gasteiger partial charge in [0.2, 0.25) is 0 Å². The van der Waals surface area contributed by atoms with Crippen molar-refractivity contribution in [1.29, 1.82) is 0 Å². The van der Waals surface area contributed by atoms with Gasteiger partial charge in [-0.15, -0.1) is 0 Å². The molecule has 1 amide bonds. The molecule has 1 saturated carbocycles. The summed E-state index contributed by atoms with van der Waals surface area (Å²) in [5.74, 6) is -0.536. The highest BCUT2D eigenvalue weighted by Crippen LogP contribution is 2.32. The standard InChI is InChI=1S/C17H18BrN3O3S/c1-3-24-16(23)13-14(18)25-17(21-13)20-12-8-10(5-4-9(12)2)15(22)19-11-6-7-11/h4-5,8,11H,3,6-7H2,1-2H3,(H,19,22)(H,20,21). The number of benzene rings is 1. The van der Waals surface area contributed by atoms with E-state index in [1.165, 1.54) is 11.3 Å². The molecule has 1 aromatic heterocycles. The number of carbonyl (C=O) groups excluding carboxylic acids is 2. The zero-order valence-corrected chi connectivity index (χ0v) is 16.3. The lowest BCUT2D eigenvalue weighted by atomic mass is 10.1. The minimum atomic E-state index is -0.465. The quantitative estimate of drug-likeness (QED) is 0.685. The van der Waals surface area contributed by atoms with Crippen LogP contribution in [0.2, 0.25) is 0 Å². The number of thiazole rings is 1. The normalized spacial score (nSPS) is 13.4. The number of rotatable bonds is 6. The molecule has 0 atom stereocenters. The van der Waals surface area contributed by atoms with Crippen LogP contribution in [0.1, 0.15) is 46.2 Å². The summed E-state index contributed by atoms with van der Waals surface area (Å²) in [6.07, 6.45) is 2.10. The van der Waals surface area contributed by atoms with Gasteiger partial charge in [-0.1, -0.05) is 17.4 Å². The molecule has 25 heavy (non-hydrogen) atoms. The van der Waals surface area contributed by atoms with Gasteiger partial charge < -0.3 is 15.4 Å². The average molecular weight is 424 g/mol. The van der Waals surface area contributed by atoms with Gasteiger partial charge in [0.25, 0.3) is 5.91 Å². The number of nitrogens with zero attached hydrogens (tertiary/aromatic N) is 1. The van der Waals surface area contributed by atoms with Crippen LogP contribution in [0.5, 0.6) is 0 Å². The number of aromatic nitrogens is 1. The Kier molecular flexibility index (Phi) is 5.39. The Morgan fingerprint density at radius 1 is 1.40 bits per heavy atom. The number of amides is 1. The predicted octanol–water partition coefficient (Wildman–Crippen LogP) is 4.03. The van der Waals surface area contributed by atoms with Crippen LogP contribution < -0.4 is 10.6 Å². The Morgan fingerprint density at radius 2 is 2.16 bits per heavy atom. The van der Waals surface area contributed by atoms with Crippen LogP contribution in [0.3, 0.4) is 0 Å². The van der Waals surface area contributed by atoms with Crippen LogP contribution >= 0.6 is 27.3 Å². The molecule has 132 valence electrons. The fraction of sp³-hybridized carbons (Fsp3) is 0.353. The second kappa shape index (κ2) is 7.53. The highest BCUT2D eigenvalue weighted by Gasteiger charge is 2.24. The SMILES string of the molecule is CCOC(=O)c1nc(Nc2cc(C(=O)NC3CC3)ccc2C)sc1Br.